The molecule has 0 saturated carbocycles. The van der Waals surface area contributed by atoms with Crippen LogP contribution in [-0.4, -0.2) is 12.5 Å². The standard InChI is InChI=1S/C16H16ClNO2/c1-3-20-15-7-5-4-6-13(15)16(19)18-14-10-12(17)9-8-11(14)2/h4-10H,3H2,1-2H3,(H,18,19). The second-order valence-corrected chi connectivity index (χ2v) is 4.78. The molecule has 0 radical (unpaired) electrons. The minimum absolute atomic E-state index is 0.209. The van der Waals surface area contributed by atoms with Gasteiger partial charge in [-0.2, -0.15) is 0 Å². The number of anilines is 1. The van der Waals surface area contributed by atoms with Crippen molar-refractivity contribution in [1.29, 1.82) is 0 Å². The molecule has 0 aliphatic rings. The maximum Gasteiger partial charge on any atom is 0.259 e. The molecule has 0 aliphatic carbocycles. The number of aryl methyl sites for hydroxylation is 1. The molecule has 0 heterocycles. The third kappa shape index (κ3) is 3.31. The lowest BCUT2D eigenvalue weighted by atomic mass is 10.1. The smallest absolute Gasteiger partial charge is 0.259 e. The molecule has 1 N–H and O–H groups in total. The summed E-state index contributed by atoms with van der Waals surface area (Å²) in [5.41, 5.74) is 2.17. The summed E-state index contributed by atoms with van der Waals surface area (Å²) in [7, 11) is 0. The molecular weight excluding hydrogens is 274 g/mol. The average Bonchev–Trinajstić information content (AvgIpc) is 2.44. The van der Waals surface area contributed by atoms with E-state index < -0.39 is 0 Å². The molecule has 2 aromatic rings. The van der Waals surface area contributed by atoms with Gasteiger partial charge in [0, 0.05) is 10.7 Å². The average molecular weight is 290 g/mol. The molecule has 3 nitrogen and oxygen atoms in total. The number of ether oxygens (including phenoxy) is 1. The second-order valence-electron chi connectivity index (χ2n) is 4.34. The highest BCUT2D eigenvalue weighted by molar-refractivity contribution is 6.31. The van der Waals surface area contributed by atoms with Crippen molar-refractivity contribution >= 4 is 23.2 Å². The Hall–Kier alpha value is -2.00. The number of para-hydroxylation sites is 1. The topological polar surface area (TPSA) is 38.3 Å². The molecule has 0 atom stereocenters. The van der Waals surface area contributed by atoms with Gasteiger partial charge >= 0.3 is 0 Å². The molecule has 0 unspecified atom stereocenters. The summed E-state index contributed by atoms with van der Waals surface area (Å²) in [6.45, 7) is 4.32. The van der Waals surface area contributed by atoms with Crippen LogP contribution < -0.4 is 10.1 Å². The molecule has 20 heavy (non-hydrogen) atoms. The molecule has 2 aromatic carbocycles. The van der Waals surface area contributed by atoms with Gasteiger partial charge in [0.15, 0.2) is 0 Å². The first-order chi connectivity index (χ1) is 9.61. The Bertz CT molecular complexity index is 626. The van der Waals surface area contributed by atoms with Crippen LogP contribution in [0.1, 0.15) is 22.8 Å². The maximum atomic E-state index is 12.3. The van der Waals surface area contributed by atoms with Gasteiger partial charge in [-0.15, -0.1) is 0 Å². The van der Waals surface area contributed by atoms with Crippen LogP contribution >= 0.6 is 11.6 Å². The molecule has 4 heteroatoms. The Morgan fingerprint density at radius 3 is 2.75 bits per heavy atom. The number of nitrogens with one attached hydrogen (secondary N) is 1. The lowest BCUT2D eigenvalue weighted by Gasteiger charge is -2.12. The van der Waals surface area contributed by atoms with E-state index in [4.69, 9.17) is 16.3 Å². The minimum Gasteiger partial charge on any atom is -0.493 e. The molecule has 1 amide bonds. The second kappa shape index (κ2) is 6.44. The third-order valence-electron chi connectivity index (χ3n) is 2.88. The van der Waals surface area contributed by atoms with Crippen molar-refractivity contribution < 1.29 is 9.53 Å². The molecule has 0 aromatic heterocycles. The van der Waals surface area contributed by atoms with Crippen LogP contribution in [0.15, 0.2) is 42.5 Å². The summed E-state index contributed by atoms with van der Waals surface area (Å²) in [5, 5.41) is 3.45. The van der Waals surface area contributed by atoms with Gasteiger partial charge in [0.25, 0.3) is 5.91 Å². The number of hydrogen-bond donors (Lipinski definition) is 1. The first-order valence-corrected chi connectivity index (χ1v) is 6.79. The van der Waals surface area contributed by atoms with E-state index >= 15 is 0 Å². The van der Waals surface area contributed by atoms with Gasteiger partial charge in [-0.25, -0.2) is 0 Å². The molecule has 0 spiro atoms. The van der Waals surface area contributed by atoms with Gasteiger partial charge in [-0.1, -0.05) is 29.8 Å². The normalized spacial score (nSPS) is 10.2. The quantitative estimate of drug-likeness (QED) is 0.911. The van der Waals surface area contributed by atoms with Crippen LogP contribution in [-0.2, 0) is 0 Å². The maximum absolute atomic E-state index is 12.3. The molecule has 2 rings (SSSR count). The SMILES string of the molecule is CCOc1ccccc1C(=O)Nc1cc(Cl)ccc1C. The van der Waals surface area contributed by atoms with Crippen molar-refractivity contribution in [3.05, 3.63) is 58.6 Å². The first kappa shape index (κ1) is 14.4. The highest BCUT2D eigenvalue weighted by Crippen LogP contribution is 2.23. The van der Waals surface area contributed by atoms with E-state index in [0.717, 1.165) is 5.56 Å². The Morgan fingerprint density at radius 1 is 1.25 bits per heavy atom. The van der Waals surface area contributed by atoms with E-state index in [1.165, 1.54) is 0 Å². The fourth-order valence-electron chi connectivity index (χ4n) is 1.85. The summed E-state index contributed by atoms with van der Waals surface area (Å²) >= 11 is 5.95. The van der Waals surface area contributed by atoms with Gasteiger partial charge in [0.2, 0.25) is 0 Å². The summed E-state index contributed by atoms with van der Waals surface area (Å²) < 4.78 is 5.46. The molecule has 0 aliphatic heterocycles. The van der Waals surface area contributed by atoms with Crippen LogP contribution in [0.3, 0.4) is 0 Å². The number of halogens is 1. The molecule has 0 saturated heterocycles. The third-order valence-corrected chi connectivity index (χ3v) is 3.11. The van der Waals surface area contributed by atoms with Gasteiger partial charge in [-0.3, -0.25) is 4.79 Å². The fourth-order valence-corrected chi connectivity index (χ4v) is 2.03. The number of hydrogen-bond acceptors (Lipinski definition) is 2. The largest absolute Gasteiger partial charge is 0.493 e. The molecule has 0 bridgehead atoms. The Balaban J connectivity index is 2.26. The predicted octanol–water partition coefficient (Wildman–Crippen LogP) is 4.30. The molecule has 104 valence electrons. The van der Waals surface area contributed by atoms with E-state index in [-0.39, 0.29) is 5.91 Å². The summed E-state index contributed by atoms with van der Waals surface area (Å²) in [4.78, 5) is 12.3. The fraction of sp³-hybridized carbons (Fsp3) is 0.188. The Morgan fingerprint density at radius 2 is 2.00 bits per heavy atom. The van der Waals surface area contributed by atoms with E-state index in [1.54, 1.807) is 24.3 Å². The Labute approximate surface area is 123 Å². The van der Waals surface area contributed by atoms with E-state index in [9.17, 15) is 4.79 Å². The van der Waals surface area contributed by atoms with Crippen LogP contribution in [0, 0.1) is 6.92 Å². The molecule has 0 fully saturated rings. The minimum atomic E-state index is -0.209. The van der Waals surface area contributed by atoms with Crippen LogP contribution in [0.25, 0.3) is 0 Å². The van der Waals surface area contributed by atoms with Crippen molar-refractivity contribution in [2.75, 3.05) is 11.9 Å². The number of carbonyl (C=O) groups is 1. The van der Waals surface area contributed by atoms with E-state index in [2.05, 4.69) is 5.32 Å². The van der Waals surface area contributed by atoms with Crippen molar-refractivity contribution in [2.45, 2.75) is 13.8 Å². The van der Waals surface area contributed by atoms with Crippen molar-refractivity contribution in [2.24, 2.45) is 0 Å². The summed E-state index contributed by atoms with van der Waals surface area (Å²) in [5.74, 6) is 0.367. The number of amides is 1. The van der Waals surface area contributed by atoms with Crippen LogP contribution in [0.2, 0.25) is 5.02 Å². The van der Waals surface area contributed by atoms with E-state index in [0.29, 0.717) is 28.6 Å². The van der Waals surface area contributed by atoms with Crippen LogP contribution in [0.4, 0.5) is 5.69 Å². The number of benzene rings is 2. The first-order valence-electron chi connectivity index (χ1n) is 6.41. The lowest BCUT2D eigenvalue weighted by Crippen LogP contribution is -2.14. The highest BCUT2D eigenvalue weighted by atomic mass is 35.5. The van der Waals surface area contributed by atoms with Crippen molar-refractivity contribution in [3.63, 3.8) is 0 Å². The summed E-state index contributed by atoms with van der Waals surface area (Å²) in [6, 6.07) is 12.6. The zero-order valence-corrected chi connectivity index (χ0v) is 12.2. The zero-order valence-electron chi connectivity index (χ0n) is 11.4. The Kier molecular flexibility index (Phi) is 4.64. The van der Waals surface area contributed by atoms with Crippen LogP contribution in [0.5, 0.6) is 5.75 Å². The summed E-state index contributed by atoms with van der Waals surface area (Å²) in [6.07, 6.45) is 0. The monoisotopic (exact) mass is 289 g/mol. The van der Waals surface area contributed by atoms with Gasteiger partial charge in [-0.05, 0) is 43.7 Å². The van der Waals surface area contributed by atoms with E-state index in [1.807, 2.05) is 32.0 Å². The highest BCUT2D eigenvalue weighted by Gasteiger charge is 2.13. The predicted molar refractivity (Wildman–Crippen MR) is 81.8 cm³/mol. The van der Waals surface area contributed by atoms with Gasteiger partial charge in [0.05, 0.1) is 12.2 Å². The van der Waals surface area contributed by atoms with Gasteiger partial charge in [0.1, 0.15) is 5.75 Å². The van der Waals surface area contributed by atoms with Gasteiger partial charge < -0.3 is 10.1 Å². The van der Waals surface area contributed by atoms with Crippen molar-refractivity contribution in [1.82, 2.24) is 0 Å². The lowest BCUT2D eigenvalue weighted by molar-refractivity contribution is 0.102. The molecular formula is C16H16ClNO2. The zero-order chi connectivity index (χ0) is 14.5. The number of rotatable bonds is 4. The number of carbonyl (C=O) groups excluding carboxylic acids is 1. The van der Waals surface area contributed by atoms with Crippen molar-refractivity contribution in [3.8, 4) is 5.75 Å².